The third-order valence-electron chi connectivity index (χ3n) is 2.54. The molecule has 0 aliphatic heterocycles. The van der Waals surface area contributed by atoms with Gasteiger partial charge in [0.1, 0.15) is 11.6 Å². The molecule has 0 heterocycles. The molecule has 0 saturated heterocycles. The van der Waals surface area contributed by atoms with Crippen LogP contribution in [-0.2, 0) is 9.59 Å². The summed E-state index contributed by atoms with van der Waals surface area (Å²) in [6.07, 6.45) is 1.09. The highest BCUT2D eigenvalue weighted by Gasteiger charge is 2.11. The molecule has 0 aliphatic rings. The van der Waals surface area contributed by atoms with E-state index in [-0.39, 0.29) is 18.5 Å². The van der Waals surface area contributed by atoms with Crippen molar-refractivity contribution in [2.45, 2.75) is 13.3 Å². The molecule has 0 aromatic heterocycles. The zero-order valence-electron chi connectivity index (χ0n) is 11.3. The molecule has 0 saturated carbocycles. The molecule has 1 aromatic rings. The number of carboxylic acids is 1. The first kappa shape index (κ1) is 16.5. The van der Waals surface area contributed by atoms with Crippen molar-refractivity contribution in [1.82, 2.24) is 5.32 Å². The molecule has 110 valence electrons. The standard InChI is InChI=1S/C14H14ClN3O3/c1-9-2-3-11(15)6-12(9)18-14(21)10(7-16)8-17-5-4-13(19)20/h2-3,6,8,17H,4-5H2,1H3,(H,18,21)(H,19,20)/b10-8-. The quantitative estimate of drug-likeness (QED) is 0.424. The van der Waals surface area contributed by atoms with Gasteiger partial charge in [-0.05, 0) is 24.6 Å². The molecular formula is C14H14ClN3O3. The second kappa shape index (κ2) is 7.92. The number of rotatable bonds is 6. The first-order chi connectivity index (χ1) is 9.93. The Labute approximate surface area is 127 Å². The summed E-state index contributed by atoms with van der Waals surface area (Å²) in [6.45, 7) is 1.93. The number of carbonyl (C=O) groups is 2. The summed E-state index contributed by atoms with van der Waals surface area (Å²) < 4.78 is 0. The van der Waals surface area contributed by atoms with Crippen molar-refractivity contribution in [1.29, 1.82) is 5.26 Å². The summed E-state index contributed by atoms with van der Waals surface area (Å²) in [5, 5.41) is 23.1. The zero-order chi connectivity index (χ0) is 15.8. The fourth-order valence-corrected chi connectivity index (χ4v) is 1.59. The van der Waals surface area contributed by atoms with E-state index in [1.165, 1.54) is 6.20 Å². The van der Waals surface area contributed by atoms with Gasteiger partial charge in [0.2, 0.25) is 0 Å². The van der Waals surface area contributed by atoms with Crippen LogP contribution in [0.1, 0.15) is 12.0 Å². The van der Waals surface area contributed by atoms with Crippen LogP contribution in [0.2, 0.25) is 5.02 Å². The number of amides is 1. The highest BCUT2D eigenvalue weighted by Crippen LogP contribution is 2.20. The lowest BCUT2D eigenvalue weighted by Crippen LogP contribution is -2.18. The molecule has 0 radical (unpaired) electrons. The maximum atomic E-state index is 11.9. The third-order valence-corrected chi connectivity index (χ3v) is 2.78. The van der Waals surface area contributed by atoms with Gasteiger partial charge in [0, 0.05) is 23.5 Å². The van der Waals surface area contributed by atoms with E-state index in [2.05, 4.69) is 10.6 Å². The number of nitrogens with zero attached hydrogens (tertiary/aromatic N) is 1. The molecule has 0 atom stereocenters. The molecule has 0 fully saturated rings. The number of aryl methyl sites for hydroxylation is 1. The van der Waals surface area contributed by atoms with Crippen molar-refractivity contribution >= 4 is 29.2 Å². The molecule has 3 N–H and O–H groups in total. The van der Waals surface area contributed by atoms with Gasteiger partial charge in [0.15, 0.2) is 0 Å². The minimum Gasteiger partial charge on any atom is -0.481 e. The number of carboxylic acid groups (broad SMARTS) is 1. The van der Waals surface area contributed by atoms with Crippen LogP contribution in [0.15, 0.2) is 30.0 Å². The number of halogens is 1. The molecule has 1 aromatic carbocycles. The van der Waals surface area contributed by atoms with E-state index in [0.29, 0.717) is 10.7 Å². The summed E-state index contributed by atoms with van der Waals surface area (Å²) >= 11 is 5.85. The van der Waals surface area contributed by atoms with E-state index in [1.54, 1.807) is 31.2 Å². The van der Waals surface area contributed by atoms with Crippen LogP contribution in [0.25, 0.3) is 0 Å². The lowest BCUT2D eigenvalue weighted by Gasteiger charge is -2.08. The van der Waals surface area contributed by atoms with E-state index in [4.69, 9.17) is 22.0 Å². The Morgan fingerprint density at radius 3 is 2.81 bits per heavy atom. The Bertz CT molecular complexity index is 620. The van der Waals surface area contributed by atoms with E-state index < -0.39 is 11.9 Å². The molecular weight excluding hydrogens is 294 g/mol. The largest absolute Gasteiger partial charge is 0.481 e. The lowest BCUT2D eigenvalue weighted by molar-refractivity contribution is -0.136. The summed E-state index contributed by atoms with van der Waals surface area (Å²) in [5.74, 6) is -1.56. The molecule has 21 heavy (non-hydrogen) atoms. The fourth-order valence-electron chi connectivity index (χ4n) is 1.42. The van der Waals surface area contributed by atoms with Crippen LogP contribution >= 0.6 is 11.6 Å². The number of aliphatic carboxylic acids is 1. The Morgan fingerprint density at radius 2 is 2.19 bits per heavy atom. The molecule has 1 rings (SSSR count). The molecule has 0 aliphatic carbocycles. The molecule has 1 amide bonds. The van der Waals surface area contributed by atoms with Gasteiger partial charge in [-0.2, -0.15) is 5.26 Å². The van der Waals surface area contributed by atoms with Crippen LogP contribution < -0.4 is 10.6 Å². The highest BCUT2D eigenvalue weighted by atomic mass is 35.5. The number of benzene rings is 1. The number of hydrogen-bond donors (Lipinski definition) is 3. The van der Waals surface area contributed by atoms with Gasteiger partial charge in [-0.25, -0.2) is 0 Å². The fraction of sp³-hybridized carbons (Fsp3) is 0.214. The van der Waals surface area contributed by atoms with Gasteiger partial charge in [0.25, 0.3) is 5.91 Å². The topological polar surface area (TPSA) is 102 Å². The average molecular weight is 308 g/mol. The maximum absolute atomic E-state index is 11.9. The summed E-state index contributed by atoms with van der Waals surface area (Å²) in [5.41, 5.74) is 1.17. The Kier molecular flexibility index (Phi) is 6.24. The SMILES string of the molecule is Cc1ccc(Cl)cc1NC(=O)/C(C#N)=C\NCCC(=O)O. The van der Waals surface area contributed by atoms with Crippen LogP contribution in [0.4, 0.5) is 5.69 Å². The minimum absolute atomic E-state index is 0.107. The van der Waals surface area contributed by atoms with Crippen LogP contribution in [-0.4, -0.2) is 23.5 Å². The second-order valence-corrected chi connectivity index (χ2v) is 4.62. The molecule has 0 bridgehead atoms. The summed E-state index contributed by atoms with van der Waals surface area (Å²) in [7, 11) is 0. The van der Waals surface area contributed by atoms with Crippen molar-refractivity contribution in [2.75, 3.05) is 11.9 Å². The van der Waals surface area contributed by atoms with Crippen molar-refractivity contribution in [3.8, 4) is 6.07 Å². The number of anilines is 1. The van der Waals surface area contributed by atoms with Gasteiger partial charge < -0.3 is 15.7 Å². The summed E-state index contributed by atoms with van der Waals surface area (Å²) in [4.78, 5) is 22.3. The zero-order valence-corrected chi connectivity index (χ0v) is 12.1. The number of nitriles is 1. The van der Waals surface area contributed by atoms with E-state index in [1.807, 2.05) is 0 Å². The van der Waals surface area contributed by atoms with Crippen molar-refractivity contribution in [3.63, 3.8) is 0 Å². The third kappa shape index (κ3) is 5.55. The monoisotopic (exact) mass is 307 g/mol. The molecule has 0 unspecified atom stereocenters. The van der Waals surface area contributed by atoms with Crippen LogP contribution in [0, 0.1) is 18.3 Å². The second-order valence-electron chi connectivity index (χ2n) is 4.18. The normalized spacial score (nSPS) is 10.6. The highest BCUT2D eigenvalue weighted by molar-refractivity contribution is 6.31. The smallest absolute Gasteiger partial charge is 0.305 e. The Balaban J connectivity index is 2.71. The Hall–Kier alpha value is -2.52. The van der Waals surface area contributed by atoms with Gasteiger partial charge >= 0.3 is 5.97 Å². The van der Waals surface area contributed by atoms with Crippen LogP contribution in [0.5, 0.6) is 0 Å². The maximum Gasteiger partial charge on any atom is 0.305 e. The van der Waals surface area contributed by atoms with Crippen molar-refractivity contribution in [2.24, 2.45) is 0 Å². The average Bonchev–Trinajstić information content (AvgIpc) is 2.42. The van der Waals surface area contributed by atoms with Gasteiger partial charge in [0.05, 0.1) is 6.42 Å². The molecule has 7 heteroatoms. The van der Waals surface area contributed by atoms with E-state index in [0.717, 1.165) is 5.56 Å². The van der Waals surface area contributed by atoms with Gasteiger partial charge in [-0.15, -0.1) is 0 Å². The summed E-state index contributed by atoms with van der Waals surface area (Å²) in [6, 6.07) is 6.78. The van der Waals surface area contributed by atoms with E-state index >= 15 is 0 Å². The van der Waals surface area contributed by atoms with Gasteiger partial charge in [-0.3, -0.25) is 9.59 Å². The van der Waals surface area contributed by atoms with Gasteiger partial charge in [-0.1, -0.05) is 17.7 Å². The Morgan fingerprint density at radius 1 is 1.48 bits per heavy atom. The molecule has 0 spiro atoms. The number of carbonyl (C=O) groups excluding carboxylic acids is 1. The first-order valence-electron chi connectivity index (χ1n) is 6.07. The number of hydrogen-bond acceptors (Lipinski definition) is 4. The van der Waals surface area contributed by atoms with E-state index in [9.17, 15) is 9.59 Å². The lowest BCUT2D eigenvalue weighted by atomic mass is 10.2. The first-order valence-corrected chi connectivity index (χ1v) is 6.44. The van der Waals surface area contributed by atoms with Crippen molar-refractivity contribution in [3.05, 3.63) is 40.6 Å². The molecule has 6 nitrogen and oxygen atoms in total. The number of nitrogens with one attached hydrogen (secondary N) is 2. The van der Waals surface area contributed by atoms with Crippen LogP contribution in [0.3, 0.4) is 0 Å². The predicted molar refractivity (Wildman–Crippen MR) is 78.8 cm³/mol. The minimum atomic E-state index is -0.964. The predicted octanol–water partition coefficient (Wildman–Crippen LogP) is 2.06. The van der Waals surface area contributed by atoms with Crippen molar-refractivity contribution < 1.29 is 14.7 Å².